The highest BCUT2D eigenvalue weighted by molar-refractivity contribution is 5.83. The highest BCUT2D eigenvalue weighted by Crippen LogP contribution is 2.28. The van der Waals surface area contributed by atoms with E-state index in [0.29, 0.717) is 13.2 Å². The number of benzene rings is 1. The van der Waals surface area contributed by atoms with Crippen molar-refractivity contribution in [1.82, 2.24) is 5.32 Å². The molecule has 4 nitrogen and oxygen atoms in total. The molecule has 0 aliphatic rings. The summed E-state index contributed by atoms with van der Waals surface area (Å²) in [5, 5.41) is 13.0. The SMILES string of the molecule is COCCNC(=O)[C@H](C)c1ccccc1C(C)(C)O. The van der Waals surface area contributed by atoms with Crippen LogP contribution in [0.15, 0.2) is 24.3 Å². The van der Waals surface area contributed by atoms with Crippen LogP contribution in [0.4, 0.5) is 0 Å². The third kappa shape index (κ3) is 4.33. The van der Waals surface area contributed by atoms with Gasteiger partial charge in [-0.15, -0.1) is 0 Å². The quantitative estimate of drug-likeness (QED) is 0.771. The van der Waals surface area contributed by atoms with Gasteiger partial charge in [0.1, 0.15) is 0 Å². The summed E-state index contributed by atoms with van der Waals surface area (Å²) in [4.78, 5) is 12.0. The van der Waals surface area contributed by atoms with E-state index >= 15 is 0 Å². The van der Waals surface area contributed by atoms with Gasteiger partial charge in [0.15, 0.2) is 0 Å². The van der Waals surface area contributed by atoms with Crippen molar-refractivity contribution in [2.45, 2.75) is 32.3 Å². The highest BCUT2D eigenvalue weighted by atomic mass is 16.5. The number of carbonyl (C=O) groups is 1. The molecule has 1 rings (SSSR count). The second-order valence-electron chi connectivity index (χ2n) is 5.15. The first-order valence-electron chi connectivity index (χ1n) is 6.46. The van der Waals surface area contributed by atoms with E-state index in [2.05, 4.69) is 5.32 Å². The summed E-state index contributed by atoms with van der Waals surface area (Å²) >= 11 is 0. The lowest BCUT2D eigenvalue weighted by atomic mass is 9.87. The van der Waals surface area contributed by atoms with E-state index < -0.39 is 5.60 Å². The molecule has 0 radical (unpaired) electrons. The van der Waals surface area contributed by atoms with Crippen LogP contribution < -0.4 is 5.32 Å². The molecule has 0 aromatic heterocycles. The number of hydrogen-bond acceptors (Lipinski definition) is 3. The lowest BCUT2D eigenvalue weighted by molar-refractivity contribution is -0.122. The van der Waals surface area contributed by atoms with E-state index in [-0.39, 0.29) is 11.8 Å². The number of ether oxygens (including phenoxy) is 1. The van der Waals surface area contributed by atoms with Crippen LogP contribution in [0.5, 0.6) is 0 Å². The minimum Gasteiger partial charge on any atom is -0.386 e. The number of amides is 1. The second-order valence-corrected chi connectivity index (χ2v) is 5.15. The van der Waals surface area contributed by atoms with Crippen molar-refractivity contribution in [3.8, 4) is 0 Å². The Morgan fingerprint density at radius 1 is 1.42 bits per heavy atom. The van der Waals surface area contributed by atoms with Gasteiger partial charge in [0.05, 0.1) is 18.1 Å². The van der Waals surface area contributed by atoms with Crippen LogP contribution in [0.25, 0.3) is 0 Å². The fourth-order valence-corrected chi connectivity index (χ4v) is 2.00. The van der Waals surface area contributed by atoms with E-state index in [4.69, 9.17) is 4.74 Å². The van der Waals surface area contributed by atoms with Gasteiger partial charge < -0.3 is 15.2 Å². The molecule has 106 valence electrons. The molecule has 1 atom stereocenters. The van der Waals surface area contributed by atoms with Crippen LogP contribution >= 0.6 is 0 Å². The molecule has 0 spiro atoms. The molecular weight excluding hydrogens is 242 g/mol. The maximum atomic E-state index is 12.0. The van der Waals surface area contributed by atoms with Gasteiger partial charge in [-0.1, -0.05) is 24.3 Å². The fourth-order valence-electron chi connectivity index (χ4n) is 2.00. The molecule has 1 aromatic carbocycles. The maximum Gasteiger partial charge on any atom is 0.227 e. The Balaban J connectivity index is 2.87. The van der Waals surface area contributed by atoms with Gasteiger partial charge in [-0.3, -0.25) is 4.79 Å². The van der Waals surface area contributed by atoms with Crippen LogP contribution in [0, 0.1) is 0 Å². The largest absolute Gasteiger partial charge is 0.386 e. The molecule has 0 aliphatic heterocycles. The average Bonchev–Trinajstić information content (AvgIpc) is 2.37. The third-order valence-corrected chi connectivity index (χ3v) is 3.09. The number of carbonyl (C=O) groups excluding carboxylic acids is 1. The Morgan fingerprint density at radius 3 is 2.63 bits per heavy atom. The van der Waals surface area contributed by atoms with Crippen LogP contribution in [0.1, 0.15) is 37.8 Å². The fraction of sp³-hybridized carbons (Fsp3) is 0.533. The molecule has 0 aliphatic carbocycles. The van der Waals surface area contributed by atoms with Gasteiger partial charge in [-0.05, 0) is 31.9 Å². The molecule has 0 heterocycles. The number of rotatable bonds is 6. The Kier molecular flexibility index (Phi) is 5.51. The van der Waals surface area contributed by atoms with Crippen LogP contribution in [0.3, 0.4) is 0 Å². The smallest absolute Gasteiger partial charge is 0.227 e. The van der Waals surface area contributed by atoms with Crippen molar-refractivity contribution in [3.05, 3.63) is 35.4 Å². The van der Waals surface area contributed by atoms with Crippen LogP contribution in [0.2, 0.25) is 0 Å². The minimum absolute atomic E-state index is 0.0613. The van der Waals surface area contributed by atoms with Crippen molar-refractivity contribution in [1.29, 1.82) is 0 Å². The van der Waals surface area contributed by atoms with E-state index in [1.165, 1.54) is 0 Å². The van der Waals surface area contributed by atoms with Gasteiger partial charge in [-0.2, -0.15) is 0 Å². The number of nitrogens with one attached hydrogen (secondary N) is 1. The summed E-state index contributed by atoms with van der Waals surface area (Å²) < 4.78 is 4.90. The average molecular weight is 265 g/mol. The Hall–Kier alpha value is -1.39. The standard InChI is InChI=1S/C15H23NO3/c1-11(14(17)16-9-10-19-4)12-7-5-6-8-13(12)15(2,3)18/h5-8,11,18H,9-10H2,1-4H3,(H,16,17)/t11-/m1/s1. The lowest BCUT2D eigenvalue weighted by Gasteiger charge is -2.24. The summed E-state index contributed by atoms with van der Waals surface area (Å²) in [6.45, 7) is 6.27. The maximum absolute atomic E-state index is 12.0. The van der Waals surface area contributed by atoms with Crippen molar-refractivity contribution < 1.29 is 14.6 Å². The minimum atomic E-state index is -0.961. The molecule has 0 unspecified atom stereocenters. The first kappa shape index (κ1) is 15.7. The first-order chi connectivity index (χ1) is 8.88. The monoisotopic (exact) mass is 265 g/mol. The normalized spacial score (nSPS) is 13.1. The zero-order chi connectivity index (χ0) is 14.5. The Morgan fingerprint density at radius 2 is 2.05 bits per heavy atom. The predicted molar refractivity (Wildman–Crippen MR) is 75.0 cm³/mol. The van der Waals surface area contributed by atoms with Crippen LogP contribution in [-0.2, 0) is 15.1 Å². The van der Waals surface area contributed by atoms with Gasteiger partial charge in [-0.25, -0.2) is 0 Å². The molecule has 19 heavy (non-hydrogen) atoms. The molecule has 0 saturated heterocycles. The van der Waals surface area contributed by atoms with Gasteiger partial charge in [0.25, 0.3) is 0 Å². The van der Waals surface area contributed by atoms with Gasteiger partial charge in [0.2, 0.25) is 5.91 Å². The molecule has 0 bridgehead atoms. The van der Waals surface area contributed by atoms with Crippen molar-refractivity contribution in [3.63, 3.8) is 0 Å². The number of aliphatic hydroxyl groups is 1. The Labute approximate surface area is 114 Å². The van der Waals surface area contributed by atoms with Crippen molar-refractivity contribution in [2.24, 2.45) is 0 Å². The third-order valence-electron chi connectivity index (χ3n) is 3.09. The zero-order valence-electron chi connectivity index (χ0n) is 12.1. The van der Waals surface area contributed by atoms with Crippen molar-refractivity contribution >= 4 is 5.91 Å². The predicted octanol–water partition coefficient (Wildman–Crippen LogP) is 1.78. The molecule has 4 heteroatoms. The van der Waals surface area contributed by atoms with Crippen molar-refractivity contribution in [2.75, 3.05) is 20.3 Å². The topological polar surface area (TPSA) is 58.6 Å². The molecule has 1 aromatic rings. The molecular formula is C15H23NO3. The molecule has 1 amide bonds. The van der Waals surface area contributed by atoms with E-state index in [1.54, 1.807) is 21.0 Å². The van der Waals surface area contributed by atoms with Gasteiger partial charge >= 0.3 is 0 Å². The molecule has 0 saturated carbocycles. The second kappa shape index (κ2) is 6.68. The first-order valence-corrected chi connectivity index (χ1v) is 6.46. The number of hydrogen-bond donors (Lipinski definition) is 2. The summed E-state index contributed by atoms with van der Waals surface area (Å²) in [7, 11) is 1.60. The zero-order valence-corrected chi connectivity index (χ0v) is 12.1. The Bertz CT molecular complexity index is 424. The summed E-state index contributed by atoms with van der Waals surface area (Å²) in [6, 6.07) is 7.48. The summed E-state index contributed by atoms with van der Waals surface area (Å²) in [5.41, 5.74) is 0.673. The summed E-state index contributed by atoms with van der Waals surface area (Å²) in [6.07, 6.45) is 0. The van der Waals surface area contributed by atoms with Crippen LogP contribution in [-0.4, -0.2) is 31.3 Å². The lowest BCUT2D eigenvalue weighted by Crippen LogP contribution is -2.32. The van der Waals surface area contributed by atoms with E-state index in [1.807, 2.05) is 31.2 Å². The highest BCUT2D eigenvalue weighted by Gasteiger charge is 2.25. The molecule has 2 N–H and O–H groups in total. The van der Waals surface area contributed by atoms with E-state index in [0.717, 1.165) is 11.1 Å². The summed E-state index contributed by atoms with van der Waals surface area (Å²) in [5.74, 6) is -0.367. The molecule has 0 fully saturated rings. The van der Waals surface area contributed by atoms with E-state index in [9.17, 15) is 9.90 Å². The number of methoxy groups -OCH3 is 1. The van der Waals surface area contributed by atoms with Gasteiger partial charge in [0, 0.05) is 13.7 Å².